The van der Waals surface area contributed by atoms with E-state index in [1.54, 1.807) is 0 Å². The minimum Gasteiger partial charge on any atom is -0.457 e. The molecular formula is C49H52N2O2. The van der Waals surface area contributed by atoms with Gasteiger partial charge in [-0.25, -0.2) is 0 Å². The van der Waals surface area contributed by atoms with Crippen LogP contribution in [0, 0.1) is 0 Å². The smallest absolute Gasteiger partial charge is 0.131 e. The van der Waals surface area contributed by atoms with Crippen molar-refractivity contribution in [3.63, 3.8) is 0 Å². The molecule has 4 nitrogen and oxygen atoms in total. The minimum atomic E-state index is -0.562. The van der Waals surface area contributed by atoms with Crippen LogP contribution in [0.5, 0.6) is 23.0 Å². The Bertz CT molecular complexity index is 2160. The van der Waals surface area contributed by atoms with Crippen LogP contribution in [-0.2, 0) is 29.1 Å². The summed E-state index contributed by atoms with van der Waals surface area (Å²) in [6.45, 7) is 17.6. The topological polar surface area (TPSA) is 70.5 Å². The van der Waals surface area contributed by atoms with Gasteiger partial charge in [-0.3, -0.25) is 0 Å². The third-order valence-corrected chi connectivity index (χ3v) is 10.8. The number of nitrogens with two attached hydrogens (primary N) is 2. The number of aryl methyl sites for hydroxylation is 2. The lowest BCUT2D eigenvalue weighted by molar-refractivity contribution is 0.450. The summed E-state index contributed by atoms with van der Waals surface area (Å²) in [6.07, 6.45) is 1.63. The number of hydrogen-bond donors (Lipinski definition) is 2. The van der Waals surface area contributed by atoms with Crippen molar-refractivity contribution in [3.8, 4) is 34.1 Å². The highest BCUT2D eigenvalue weighted by Gasteiger charge is 2.46. The van der Waals surface area contributed by atoms with E-state index in [1.165, 1.54) is 33.4 Å². The zero-order valence-corrected chi connectivity index (χ0v) is 32.4. The molecule has 7 rings (SSSR count). The molecule has 0 atom stereocenters. The summed E-state index contributed by atoms with van der Waals surface area (Å²) in [5.41, 5.74) is 25.1. The van der Waals surface area contributed by atoms with E-state index in [-0.39, 0.29) is 10.8 Å². The van der Waals surface area contributed by atoms with Gasteiger partial charge < -0.3 is 20.9 Å². The quantitative estimate of drug-likeness (QED) is 0.155. The van der Waals surface area contributed by atoms with E-state index in [1.807, 2.05) is 36.4 Å². The van der Waals surface area contributed by atoms with Gasteiger partial charge in [0.2, 0.25) is 0 Å². The molecule has 0 heterocycles. The van der Waals surface area contributed by atoms with Crippen LogP contribution < -0.4 is 20.9 Å². The Hall–Kier alpha value is -5.48. The molecule has 0 amide bonds. The minimum absolute atomic E-state index is 0.132. The highest BCUT2D eigenvalue weighted by Crippen LogP contribution is 2.57. The largest absolute Gasteiger partial charge is 0.457 e. The number of anilines is 2. The molecule has 0 fully saturated rings. The lowest BCUT2D eigenvalue weighted by atomic mass is 9.67. The molecular weight excluding hydrogens is 649 g/mol. The standard InChI is InChI=1S/C49H52N2O2/c1-9-31-27-33(19-23-43(31)52-45-25-21-35(50)29-41(45)47(3,4)5)49(39-17-13-11-15-37(39)38-16-12-14-18-40(38)49)34-20-24-44(32(10-2)28-34)53-46-26-22-36(51)30-42(46)48(6,7)8/h11-30H,9-10,50-51H2,1-8H3. The molecule has 0 aliphatic heterocycles. The van der Waals surface area contributed by atoms with E-state index >= 15 is 0 Å². The summed E-state index contributed by atoms with van der Waals surface area (Å²) in [5.74, 6) is 3.38. The number of rotatable bonds is 8. The molecule has 0 bridgehead atoms. The Morgan fingerprint density at radius 1 is 0.472 bits per heavy atom. The average molecular weight is 701 g/mol. The predicted molar refractivity (Wildman–Crippen MR) is 222 cm³/mol. The SMILES string of the molecule is CCc1cc(C2(c3ccc(Oc4ccc(N)cc4C(C)(C)C)c(CC)c3)c3ccccc3-c3ccccc32)ccc1Oc1ccc(N)cc1C(C)(C)C. The Kier molecular flexibility index (Phi) is 9.14. The summed E-state index contributed by atoms with van der Waals surface area (Å²) >= 11 is 0. The third-order valence-electron chi connectivity index (χ3n) is 10.8. The number of nitrogen functional groups attached to an aromatic ring is 2. The third kappa shape index (κ3) is 6.35. The maximum Gasteiger partial charge on any atom is 0.131 e. The van der Waals surface area contributed by atoms with Crippen LogP contribution in [0.4, 0.5) is 11.4 Å². The van der Waals surface area contributed by atoms with Gasteiger partial charge in [0.05, 0.1) is 5.41 Å². The number of benzene rings is 6. The molecule has 6 aromatic rings. The average Bonchev–Trinajstić information content (AvgIpc) is 3.43. The van der Waals surface area contributed by atoms with E-state index in [4.69, 9.17) is 20.9 Å². The molecule has 4 N–H and O–H groups in total. The molecule has 4 heteroatoms. The Labute approximate surface area is 315 Å². The van der Waals surface area contributed by atoms with E-state index in [2.05, 4.69) is 140 Å². The second-order valence-corrected chi connectivity index (χ2v) is 16.4. The zero-order chi connectivity index (χ0) is 37.7. The van der Waals surface area contributed by atoms with Crippen LogP contribution in [0.15, 0.2) is 121 Å². The number of fused-ring (bicyclic) bond motifs is 3. The maximum atomic E-state index is 6.78. The van der Waals surface area contributed by atoms with Crippen molar-refractivity contribution in [2.75, 3.05) is 11.5 Å². The fourth-order valence-corrected chi connectivity index (χ4v) is 8.08. The first-order valence-electron chi connectivity index (χ1n) is 18.9. The van der Waals surface area contributed by atoms with E-state index in [0.29, 0.717) is 0 Å². The van der Waals surface area contributed by atoms with Gasteiger partial charge >= 0.3 is 0 Å². The summed E-state index contributed by atoms with van der Waals surface area (Å²) in [7, 11) is 0. The van der Waals surface area contributed by atoms with Crippen LogP contribution in [0.1, 0.15) is 99.9 Å². The maximum absolute atomic E-state index is 6.78. The molecule has 0 saturated heterocycles. The van der Waals surface area contributed by atoms with Gasteiger partial charge in [-0.2, -0.15) is 0 Å². The molecule has 0 saturated carbocycles. The normalized spacial score (nSPS) is 13.4. The first kappa shape index (κ1) is 35.9. The van der Waals surface area contributed by atoms with Gasteiger partial charge in [0, 0.05) is 22.5 Å². The molecule has 1 aliphatic carbocycles. The van der Waals surface area contributed by atoms with E-state index < -0.39 is 5.41 Å². The number of hydrogen-bond acceptors (Lipinski definition) is 4. The van der Waals surface area contributed by atoms with Crippen LogP contribution >= 0.6 is 0 Å². The lowest BCUT2D eigenvalue weighted by Gasteiger charge is -2.35. The molecule has 6 aromatic carbocycles. The van der Waals surface area contributed by atoms with E-state index in [0.717, 1.165) is 69.5 Å². The van der Waals surface area contributed by atoms with Crippen molar-refractivity contribution < 1.29 is 9.47 Å². The fourth-order valence-electron chi connectivity index (χ4n) is 8.08. The highest BCUT2D eigenvalue weighted by molar-refractivity contribution is 5.86. The van der Waals surface area contributed by atoms with E-state index in [9.17, 15) is 0 Å². The summed E-state index contributed by atoms with van der Waals surface area (Å²) in [4.78, 5) is 0. The first-order valence-corrected chi connectivity index (χ1v) is 18.9. The van der Waals surface area contributed by atoms with Gasteiger partial charge in [0.1, 0.15) is 23.0 Å². The van der Waals surface area contributed by atoms with Gasteiger partial charge in [0.25, 0.3) is 0 Å². The van der Waals surface area contributed by atoms with Crippen LogP contribution in [0.25, 0.3) is 11.1 Å². The molecule has 270 valence electrons. The highest BCUT2D eigenvalue weighted by atomic mass is 16.5. The zero-order valence-electron chi connectivity index (χ0n) is 32.4. The van der Waals surface area contributed by atoms with Gasteiger partial charge in [-0.15, -0.1) is 0 Å². The van der Waals surface area contributed by atoms with Crippen molar-refractivity contribution >= 4 is 11.4 Å². The van der Waals surface area contributed by atoms with Crippen molar-refractivity contribution in [1.82, 2.24) is 0 Å². The van der Waals surface area contributed by atoms with Gasteiger partial charge in [0.15, 0.2) is 0 Å². The molecule has 0 unspecified atom stereocenters. The van der Waals surface area contributed by atoms with Crippen LogP contribution in [0.3, 0.4) is 0 Å². The molecule has 0 spiro atoms. The van der Waals surface area contributed by atoms with Crippen molar-refractivity contribution in [2.45, 2.75) is 84.5 Å². The molecule has 53 heavy (non-hydrogen) atoms. The lowest BCUT2D eigenvalue weighted by Crippen LogP contribution is -2.29. The monoisotopic (exact) mass is 700 g/mol. The van der Waals surface area contributed by atoms with Gasteiger partial charge in [-0.05, 0) is 117 Å². The van der Waals surface area contributed by atoms with Crippen molar-refractivity contribution in [3.05, 3.63) is 166 Å². The van der Waals surface area contributed by atoms with Crippen LogP contribution in [-0.4, -0.2) is 0 Å². The summed E-state index contributed by atoms with van der Waals surface area (Å²) in [5, 5.41) is 0. The Morgan fingerprint density at radius 3 is 1.23 bits per heavy atom. The predicted octanol–water partition coefficient (Wildman–Crippen LogP) is 12.5. The fraction of sp³-hybridized carbons (Fsp3) is 0.265. The first-order chi connectivity index (χ1) is 25.2. The molecule has 0 aromatic heterocycles. The van der Waals surface area contributed by atoms with Crippen molar-refractivity contribution in [1.29, 1.82) is 0 Å². The Morgan fingerprint density at radius 2 is 0.849 bits per heavy atom. The Balaban J connectivity index is 1.41. The molecule has 1 aliphatic rings. The summed E-state index contributed by atoms with van der Waals surface area (Å²) < 4.78 is 13.6. The second kappa shape index (κ2) is 13.5. The second-order valence-electron chi connectivity index (χ2n) is 16.4. The van der Waals surface area contributed by atoms with Gasteiger partial charge in [-0.1, -0.05) is 128 Å². The molecule has 0 radical (unpaired) electrons. The summed E-state index contributed by atoms with van der Waals surface area (Å²) in [6, 6.07) is 43.2. The van der Waals surface area contributed by atoms with Crippen molar-refractivity contribution in [2.24, 2.45) is 0 Å². The number of ether oxygens (including phenoxy) is 2. The van der Waals surface area contributed by atoms with Crippen LogP contribution in [0.2, 0.25) is 0 Å².